The van der Waals surface area contributed by atoms with Gasteiger partial charge in [-0.3, -0.25) is 4.79 Å². The van der Waals surface area contributed by atoms with Crippen LogP contribution in [0.5, 0.6) is 5.75 Å². The average Bonchev–Trinajstić information content (AvgIpc) is 2.38. The lowest BCUT2D eigenvalue weighted by Crippen LogP contribution is -2.43. The van der Waals surface area contributed by atoms with Crippen molar-refractivity contribution in [3.05, 3.63) is 28.8 Å². The molecule has 132 valence electrons. The summed E-state index contributed by atoms with van der Waals surface area (Å²) in [6.07, 6.45) is -0.734. The average molecular weight is 336 g/mol. The molecule has 0 saturated carbocycles. The van der Waals surface area contributed by atoms with Crippen LogP contribution in [0.1, 0.15) is 49.2 Å². The van der Waals surface area contributed by atoms with Crippen molar-refractivity contribution in [2.75, 3.05) is 0 Å². The summed E-state index contributed by atoms with van der Waals surface area (Å²) in [6, 6.07) is 2.35. The van der Waals surface area contributed by atoms with Crippen molar-refractivity contribution in [1.29, 1.82) is 0 Å². The third-order valence-corrected chi connectivity index (χ3v) is 2.97. The maximum atomic E-state index is 12.2. The van der Waals surface area contributed by atoms with Gasteiger partial charge >= 0.3 is 12.1 Å². The van der Waals surface area contributed by atoms with Gasteiger partial charge in [0.05, 0.1) is 5.56 Å². The number of alkyl carbamates (subject to hydrolysis) is 1. The Kier molecular flexibility index (Phi) is 5.95. The van der Waals surface area contributed by atoms with Crippen LogP contribution >= 0.6 is 0 Å². The van der Waals surface area contributed by atoms with Crippen LogP contribution in [-0.4, -0.2) is 29.6 Å². The normalized spacial score (nSPS) is 12.2. The van der Waals surface area contributed by atoms with Crippen LogP contribution in [0.25, 0.3) is 0 Å². The van der Waals surface area contributed by atoms with Crippen molar-refractivity contribution >= 4 is 18.0 Å². The van der Waals surface area contributed by atoms with E-state index in [2.05, 4.69) is 5.32 Å². The smallest absolute Gasteiger partial charge is 0.408 e. The Morgan fingerprint density at radius 1 is 1.17 bits per heavy atom. The molecule has 1 atom stereocenters. The van der Waals surface area contributed by atoms with E-state index in [-0.39, 0.29) is 11.3 Å². The summed E-state index contributed by atoms with van der Waals surface area (Å²) in [6.45, 7) is 10.1. The number of primary amides is 1. The largest absolute Gasteiger partial charge is 0.444 e. The molecule has 3 N–H and O–H groups in total. The zero-order valence-electron chi connectivity index (χ0n) is 14.9. The number of benzene rings is 1. The predicted octanol–water partition coefficient (Wildman–Crippen LogP) is 2.22. The first-order valence-electron chi connectivity index (χ1n) is 7.53. The maximum Gasteiger partial charge on any atom is 0.408 e. The Morgan fingerprint density at radius 3 is 2.25 bits per heavy atom. The summed E-state index contributed by atoms with van der Waals surface area (Å²) >= 11 is 0. The Labute approximate surface area is 141 Å². The molecule has 0 aliphatic heterocycles. The van der Waals surface area contributed by atoms with Gasteiger partial charge in [0.1, 0.15) is 17.4 Å². The van der Waals surface area contributed by atoms with E-state index >= 15 is 0 Å². The van der Waals surface area contributed by atoms with Gasteiger partial charge in [-0.2, -0.15) is 0 Å². The molecule has 0 unspecified atom stereocenters. The third-order valence-electron chi connectivity index (χ3n) is 2.97. The van der Waals surface area contributed by atoms with Crippen LogP contribution < -0.4 is 15.8 Å². The number of carbonyl (C=O) groups excluding carboxylic acids is 3. The second kappa shape index (κ2) is 7.33. The second-order valence-corrected chi connectivity index (χ2v) is 6.61. The lowest BCUT2D eigenvalue weighted by molar-refractivity contribution is -0.136. The Balaban J connectivity index is 2.88. The van der Waals surface area contributed by atoms with Gasteiger partial charge in [-0.1, -0.05) is 6.07 Å². The molecule has 0 spiro atoms. The topological polar surface area (TPSA) is 108 Å². The molecule has 2 amide bonds. The number of carbonyl (C=O) groups is 3. The van der Waals surface area contributed by atoms with Crippen LogP contribution in [0, 0.1) is 13.8 Å². The monoisotopic (exact) mass is 336 g/mol. The van der Waals surface area contributed by atoms with Gasteiger partial charge in [0.15, 0.2) is 0 Å². The van der Waals surface area contributed by atoms with Gasteiger partial charge in [0.2, 0.25) is 0 Å². The van der Waals surface area contributed by atoms with E-state index in [1.807, 2.05) is 0 Å². The molecule has 0 aliphatic carbocycles. The fourth-order valence-electron chi connectivity index (χ4n) is 2.01. The standard InChI is InChI=1S/C17H24N2O5/c1-9-7-10(2)13(12(8-9)14(18)20)23-15(21)11(3)19-16(22)24-17(4,5)6/h7-8,11H,1-6H3,(H2,18,20)(H,19,22)/t11-/m0/s1. The number of amides is 2. The number of hydrogen-bond donors (Lipinski definition) is 2. The molecular formula is C17H24N2O5. The molecule has 0 fully saturated rings. The van der Waals surface area contributed by atoms with Crippen LogP contribution in [0.3, 0.4) is 0 Å². The first-order valence-corrected chi connectivity index (χ1v) is 7.53. The highest BCUT2D eigenvalue weighted by Crippen LogP contribution is 2.25. The summed E-state index contributed by atoms with van der Waals surface area (Å²) < 4.78 is 10.4. The van der Waals surface area contributed by atoms with E-state index in [4.69, 9.17) is 15.2 Å². The highest BCUT2D eigenvalue weighted by molar-refractivity contribution is 5.97. The van der Waals surface area contributed by atoms with Crippen molar-refractivity contribution in [2.24, 2.45) is 5.73 Å². The van der Waals surface area contributed by atoms with Crippen molar-refractivity contribution in [1.82, 2.24) is 5.32 Å². The molecule has 0 heterocycles. The Morgan fingerprint density at radius 2 is 1.75 bits per heavy atom. The predicted molar refractivity (Wildman–Crippen MR) is 88.9 cm³/mol. The van der Waals surface area contributed by atoms with Gasteiger partial charge < -0.3 is 20.5 Å². The molecule has 24 heavy (non-hydrogen) atoms. The fourth-order valence-corrected chi connectivity index (χ4v) is 2.01. The molecule has 0 saturated heterocycles. The number of ether oxygens (including phenoxy) is 2. The van der Waals surface area contributed by atoms with Crippen molar-refractivity contribution in [3.63, 3.8) is 0 Å². The van der Waals surface area contributed by atoms with Crippen LogP contribution in [0.15, 0.2) is 12.1 Å². The van der Waals surface area contributed by atoms with Gasteiger partial charge in [0.25, 0.3) is 5.91 Å². The lowest BCUT2D eigenvalue weighted by Gasteiger charge is -2.21. The molecule has 0 aromatic heterocycles. The maximum absolute atomic E-state index is 12.2. The van der Waals surface area contributed by atoms with Crippen LogP contribution in [0.4, 0.5) is 4.79 Å². The first-order chi connectivity index (χ1) is 10.9. The minimum absolute atomic E-state index is 0.0935. The molecule has 0 radical (unpaired) electrons. The van der Waals surface area contributed by atoms with E-state index in [0.717, 1.165) is 5.56 Å². The number of rotatable bonds is 4. The number of aryl methyl sites for hydroxylation is 2. The van der Waals surface area contributed by atoms with Gasteiger partial charge in [-0.25, -0.2) is 9.59 Å². The number of hydrogen-bond acceptors (Lipinski definition) is 5. The van der Waals surface area contributed by atoms with E-state index < -0.39 is 29.6 Å². The SMILES string of the molecule is Cc1cc(C)c(OC(=O)[C@H](C)NC(=O)OC(C)(C)C)c(C(N)=O)c1. The van der Waals surface area contributed by atoms with Crippen molar-refractivity contribution < 1.29 is 23.9 Å². The summed E-state index contributed by atoms with van der Waals surface area (Å²) in [5.41, 5.74) is 6.19. The third kappa shape index (κ3) is 5.57. The number of esters is 1. The molecule has 0 aliphatic rings. The molecule has 1 rings (SSSR count). The van der Waals surface area contributed by atoms with Gasteiger partial charge in [0, 0.05) is 0 Å². The molecule has 1 aromatic carbocycles. The quantitative estimate of drug-likeness (QED) is 0.647. The second-order valence-electron chi connectivity index (χ2n) is 6.61. The molecular weight excluding hydrogens is 312 g/mol. The zero-order valence-corrected chi connectivity index (χ0v) is 14.9. The molecule has 7 heteroatoms. The molecule has 1 aromatic rings. The number of nitrogens with two attached hydrogens (primary N) is 1. The minimum Gasteiger partial charge on any atom is -0.444 e. The van der Waals surface area contributed by atoms with E-state index in [0.29, 0.717) is 5.56 Å². The summed E-state index contributed by atoms with van der Waals surface area (Å²) in [7, 11) is 0. The highest BCUT2D eigenvalue weighted by Gasteiger charge is 2.24. The first kappa shape index (κ1) is 19.5. The number of nitrogens with one attached hydrogen (secondary N) is 1. The lowest BCUT2D eigenvalue weighted by atomic mass is 10.1. The Hall–Kier alpha value is -2.57. The van der Waals surface area contributed by atoms with Gasteiger partial charge in [-0.05, 0) is 58.7 Å². The summed E-state index contributed by atoms with van der Waals surface area (Å²) in [5, 5.41) is 2.38. The summed E-state index contributed by atoms with van der Waals surface area (Å²) in [5.74, 6) is -1.33. The minimum atomic E-state index is -0.957. The van der Waals surface area contributed by atoms with Crippen molar-refractivity contribution in [2.45, 2.75) is 53.2 Å². The fraction of sp³-hybridized carbons (Fsp3) is 0.471. The molecule has 0 bridgehead atoms. The van der Waals surface area contributed by atoms with E-state index in [1.165, 1.54) is 6.92 Å². The molecule has 7 nitrogen and oxygen atoms in total. The zero-order chi connectivity index (χ0) is 18.7. The summed E-state index contributed by atoms with van der Waals surface area (Å²) in [4.78, 5) is 35.4. The van der Waals surface area contributed by atoms with Crippen LogP contribution in [-0.2, 0) is 9.53 Å². The van der Waals surface area contributed by atoms with E-state index in [9.17, 15) is 14.4 Å². The van der Waals surface area contributed by atoms with Crippen molar-refractivity contribution in [3.8, 4) is 5.75 Å². The van der Waals surface area contributed by atoms with E-state index in [1.54, 1.807) is 46.8 Å². The Bertz CT molecular complexity index is 662. The highest BCUT2D eigenvalue weighted by atomic mass is 16.6. The van der Waals surface area contributed by atoms with Gasteiger partial charge in [-0.15, -0.1) is 0 Å². The van der Waals surface area contributed by atoms with Crippen LogP contribution in [0.2, 0.25) is 0 Å².